The zero-order valence-electron chi connectivity index (χ0n) is 12.6. The lowest BCUT2D eigenvalue weighted by molar-refractivity contribution is 0.373. The zero-order valence-corrected chi connectivity index (χ0v) is 12.6. The van der Waals surface area contributed by atoms with Crippen LogP contribution in [-0.2, 0) is 7.05 Å². The van der Waals surface area contributed by atoms with Gasteiger partial charge in [-0.05, 0) is 32.9 Å². The number of nitrogens with zero attached hydrogens (tertiary/aromatic N) is 2. The SMILES string of the molecule is COc1ccc(NC(C)c2c(C)nn(C)c2C)cc1O. The first kappa shape index (κ1) is 14.2. The standard InChI is InChI=1S/C15H21N3O2/c1-9(15-10(2)17-18(4)11(15)3)16-12-6-7-14(20-5)13(19)8-12/h6-9,16,19H,1-5H3. The van der Waals surface area contributed by atoms with Crippen molar-refractivity contribution in [3.63, 3.8) is 0 Å². The second kappa shape index (κ2) is 5.45. The second-order valence-corrected chi connectivity index (χ2v) is 4.96. The molecular weight excluding hydrogens is 254 g/mol. The molecule has 0 aliphatic carbocycles. The maximum Gasteiger partial charge on any atom is 0.160 e. The highest BCUT2D eigenvalue weighted by Gasteiger charge is 2.16. The van der Waals surface area contributed by atoms with E-state index in [1.807, 2.05) is 24.7 Å². The van der Waals surface area contributed by atoms with Gasteiger partial charge in [0.2, 0.25) is 0 Å². The lowest BCUT2D eigenvalue weighted by Gasteiger charge is -2.17. The number of hydrogen-bond donors (Lipinski definition) is 2. The van der Waals surface area contributed by atoms with Crippen LogP contribution in [0.5, 0.6) is 11.5 Å². The third kappa shape index (κ3) is 2.57. The molecule has 5 nitrogen and oxygen atoms in total. The van der Waals surface area contributed by atoms with E-state index < -0.39 is 0 Å². The minimum atomic E-state index is 0.108. The van der Waals surface area contributed by atoms with Crippen LogP contribution in [0.2, 0.25) is 0 Å². The number of rotatable bonds is 4. The molecule has 0 aliphatic rings. The fourth-order valence-corrected chi connectivity index (χ4v) is 2.52. The molecule has 2 rings (SSSR count). The van der Waals surface area contributed by atoms with Crippen LogP contribution in [0, 0.1) is 13.8 Å². The molecule has 0 amide bonds. The number of phenolic OH excluding ortho intramolecular Hbond substituents is 1. The molecule has 108 valence electrons. The first-order valence-electron chi connectivity index (χ1n) is 6.57. The fourth-order valence-electron chi connectivity index (χ4n) is 2.52. The zero-order chi connectivity index (χ0) is 14.9. The number of aromatic nitrogens is 2. The molecule has 0 fully saturated rings. The van der Waals surface area contributed by atoms with E-state index in [0.717, 1.165) is 17.1 Å². The van der Waals surface area contributed by atoms with Crippen molar-refractivity contribution >= 4 is 5.69 Å². The average molecular weight is 275 g/mol. The van der Waals surface area contributed by atoms with Gasteiger partial charge in [0.15, 0.2) is 11.5 Å². The van der Waals surface area contributed by atoms with Crippen molar-refractivity contribution in [2.24, 2.45) is 7.05 Å². The summed E-state index contributed by atoms with van der Waals surface area (Å²) in [5.41, 5.74) is 4.18. The molecule has 1 aromatic carbocycles. The number of aromatic hydroxyl groups is 1. The van der Waals surface area contributed by atoms with Crippen LogP contribution in [0.1, 0.15) is 29.9 Å². The lowest BCUT2D eigenvalue weighted by Crippen LogP contribution is -2.09. The smallest absolute Gasteiger partial charge is 0.160 e. The topological polar surface area (TPSA) is 59.3 Å². The molecule has 20 heavy (non-hydrogen) atoms. The number of phenols is 1. The van der Waals surface area contributed by atoms with Crippen molar-refractivity contribution in [2.75, 3.05) is 12.4 Å². The van der Waals surface area contributed by atoms with Crippen LogP contribution < -0.4 is 10.1 Å². The summed E-state index contributed by atoms with van der Waals surface area (Å²) in [7, 11) is 3.48. The quantitative estimate of drug-likeness (QED) is 0.900. The van der Waals surface area contributed by atoms with Crippen LogP contribution >= 0.6 is 0 Å². The summed E-state index contributed by atoms with van der Waals surface area (Å²) in [4.78, 5) is 0. The van der Waals surface area contributed by atoms with Gasteiger partial charge in [-0.25, -0.2) is 0 Å². The van der Waals surface area contributed by atoms with Gasteiger partial charge in [-0.1, -0.05) is 0 Å². The van der Waals surface area contributed by atoms with Crippen molar-refractivity contribution in [3.05, 3.63) is 35.2 Å². The summed E-state index contributed by atoms with van der Waals surface area (Å²) in [5, 5.41) is 17.6. The predicted molar refractivity (Wildman–Crippen MR) is 79.4 cm³/mol. The molecular formula is C15H21N3O2. The highest BCUT2D eigenvalue weighted by molar-refractivity contribution is 5.55. The Morgan fingerprint density at radius 3 is 2.55 bits per heavy atom. The van der Waals surface area contributed by atoms with Crippen molar-refractivity contribution in [3.8, 4) is 11.5 Å². The van der Waals surface area contributed by atoms with E-state index >= 15 is 0 Å². The molecule has 1 atom stereocenters. The Balaban J connectivity index is 2.23. The van der Waals surface area contributed by atoms with Gasteiger partial charge in [0.05, 0.1) is 18.8 Å². The van der Waals surface area contributed by atoms with Gasteiger partial charge in [-0.2, -0.15) is 5.10 Å². The van der Waals surface area contributed by atoms with E-state index in [0.29, 0.717) is 5.75 Å². The van der Waals surface area contributed by atoms with Gasteiger partial charge in [-0.3, -0.25) is 4.68 Å². The largest absolute Gasteiger partial charge is 0.504 e. The number of ether oxygens (including phenoxy) is 1. The molecule has 2 aromatic rings. The average Bonchev–Trinajstić information content (AvgIpc) is 2.63. The Morgan fingerprint density at radius 1 is 1.35 bits per heavy atom. The number of anilines is 1. The third-order valence-electron chi connectivity index (χ3n) is 3.56. The molecule has 0 saturated carbocycles. The van der Waals surface area contributed by atoms with Crippen LogP contribution in [0.15, 0.2) is 18.2 Å². The maximum absolute atomic E-state index is 9.81. The maximum atomic E-state index is 9.81. The molecule has 5 heteroatoms. The monoisotopic (exact) mass is 275 g/mol. The van der Waals surface area contributed by atoms with Crippen molar-refractivity contribution in [1.29, 1.82) is 0 Å². The molecule has 0 bridgehead atoms. The number of aryl methyl sites for hydroxylation is 2. The highest BCUT2D eigenvalue weighted by atomic mass is 16.5. The van der Waals surface area contributed by atoms with E-state index in [2.05, 4.69) is 24.3 Å². The number of benzene rings is 1. The first-order valence-corrected chi connectivity index (χ1v) is 6.57. The Hall–Kier alpha value is -2.17. The second-order valence-electron chi connectivity index (χ2n) is 4.96. The van der Waals surface area contributed by atoms with Gasteiger partial charge >= 0.3 is 0 Å². The first-order chi connectivity index (χ1) is 9.43. The Labute approximate surface area is 119 Å². The van der Waals surface area contributed by atoms with Gasteiger partial charge in [-0.15, -0.1) is 0 Å². The van der Waals surface area contributed by atoms with Crippen LogP contribution in [0.3, 0.4) is 0 Å². The fraction of sp³-hybridized carbons (Fsp3) is 0.400. The predicted octanol–water partition coefficient (Wildman–Crippen LogP) is 2.92. The van der Waals surface area contributed by atoms with Crippen LogP contribution in [-0.4, -0.2) is 22.0 Å². The summed E-state index contributed by atoms with van der Waals surface area (Å²) in [6.45, 7) is 6.14. The minimum absolute atomic E-state index is 0.108. The van der Waals surface area contributed by atoms with Crippen LogP contribution in [0.4, 0.5) is 5.69 Å². The molecule has 2 N–H and O–H groups in total. The van der Waals surface area contributed by atoms with Gasteiger partial charge in [0, 0.05) is 30.1 Å². The highest BCUT2D eigenvalue weighted by Crippen LogP contribution is 2.31. The Bertz CT molecular complexity index is 620. The molecule has 1 heterocycles. The Morgan fingerprint density at radius 2 is 2.05 bits per heavy atom. The summed E-state index contributed by atoms with van der Waals surface area (Å²) in [6, 6.07) is 5.40. The molecule has 1 unspecified atom stereocenters. The molecule has 0 saturated heterocycles. The number of nitrogens with one attached hydrogen (secondary N) is 1. The normalized spacial score (nSPS) is 12.2. The Kier molecular flexibility index (Phi) is 3.88. The third-order valence-corrected chi connectivity index (χ3v) is 3.56. The van der Waals surface area contributed by atoms with E-state index in [1.165, 1.54) is 12.7 Å². The van der Waals surface area contributed by atoms with Crippen molar-refractivity contribution in [1.82, 2.24) is 9.78 Å². The molecule has 1 aromatic heterocycles. The molecule has 0 aliphatic heterocycles. The number of hydrogen-bond acceptors (Lipinski definition) is 4. The van der Waals surface area contributed by atoms with Crippen molar-refractivity contribution < 1.29 is 9.84 Å². The minimum Gasteiger partial charge on any atom is -0.504 e. The molecule has 0 spiro atoms. The van der Waals surface area contributed by atoms with Crippen LogP contribution in [0.25, 0.3) is 0 Å². The lowest BCUT2D eigenvalue weighted by atomic mass is 10.1. The van der Waals surface area contributed by atoms with Crippen molar-refractivity contribution in [2.45, 2.75) is 26.8 Å². The van der Waals surface area contributed by atoms with Gasteiger partial charge in [0.1, 0.15) is 0 Å². The number of methoxy groups -OCH3 is 1. The van der Waals surface area contributed by atoms with E-state index in [1.54, 1.807) is 12.1 Å². The summed E-state index contributed by atoms with van der Waals surface area (Å²) in [6.07, 6.45) is 0. The van der Waals surface area contributed by atoms with E-state index in [4.69, 9.17) is 4.74 Å². The van der Waals surface area contributed by atoms with Gasteiger partial charge < -0.3 is 15.2 Å². The van der Waals surface area contributed by atoms with E-state index in [9.17, 15) is 5.11 Å². The molecule has 0 radical (unpaired) electrons. The van der Waals surface area contributed by atoms with E-state index in [-0.39, 0.29) is 11.8 Å². The summed E-state index contributed by atoms with van der Waals surface area (Å²) < 4.78 is 6.92. The summed E-state index contributed by atoms with van der Waals surface area (Å²) in [5.74, 6) is 0.598. The van der Waals surface area contributed by atoms with Gasteiger partial charge in [0.25, 0.3) is 0 Å². The summed E-state index contributed by atoms with van der Waals surface area (Å²) >= 11 is 0.